The van der Waals surface area contributed by atoms with Crippen LogP contribution in [0.2, 0.25) is 0 Å². The largest absolute Gasteiger partial charge is 0.285 e. The molecule has 0 spiro atoms. The molecule has 0 N–H and O–H groups in total. The van der Waals surface area contributed by atoms with E-state index in [0.717, 1.165) is 28.2 Å². The normalized spacial score (nSPS) is 12.6. The Hall–Kier alpha value is -4.80. The molecule has 3 heterocycles. The van der Waals surface area contributed by atoms with Gasteiger partial charge in [-0.15, -0.1) is 11.3 Å². The molecule has 8 rings (SSSR count). The fraction of sp³-hybridized carbons (Fsp3) is 0. The van der Waals surface area contributed by atoms with Gasteiger partial charge in [0.25, 0.3) is 0 Å². The molecule has 0 amide bonds. The molecule has 5 aromatic carbocycles. The SMILES string of the molecule is C1=CN(c2nc(-c3ccccc3)cc(-c3ccccc3)n2)c2cccc3c2c1cc1c2ccccc2sc31. The van der Waals surface area contributed by atoms with Gasteiger partial charge in [0.1, 0.15) is 0 Å². The maximum absolute atomic E-state index is 5.08. The molecule has 4 heteroatoms. The third-order valence-electron chi connectivity index (χ3n) is 7.24. The number of nitrogens with zero attached hydrogens (tertiary/aromatic N) is 3. The van der Waals surface area contributed by atoms with E-state index in [1.165, 1.54) is 36.5 Å². The van der Waals surface area contributed by atoms with Crippen molar-refractivity contribution in [1.82, 2.24) is 9.97 Å². The molecule has 0 fully saturated rings. The molecular weight excluding hydrogens is 482 g/mol. The van der Waals surface area contributed by atoms with Crippen molar-refractivity contribution in [2.45, 2.75) is 0 Å². The van der Waals surface area contributed by atoms with Crippen LogP contribution >= 0.6 is 11.3 Å². The quantitative estimate of drug-likeness (QED) is 0.240. The highest BCUT2D eigenvalue weighted by Crippen LogP contribution is 2.45. The summed E-state index contributed by atoms with van der Waals surface area (Å²) >= 11 is 1.87. The van der Waals surface area contributed by atoms with Crippen LogP contribution < -0.4 is 4.90 Å². The smallest absolute Gasteiger partial charge is 0.235 e. The first kappa shape index (κ1) is 21.3. The Bertz CT molecular complexity index is 1970. The lowest BCUT2D eigenvalue weighted by Gasteiger charge is -2.26. The predicted octanol–water partition coefficient (Wildman–Crippen LogP) is 9.45. The van der Waals surface area contributed by atoms with Crippen LogP contribution in [-0.4, -0.2) is 9.97 Å². The Morgan fingerprint density at radius 3 is 1.97 bits per heavy atom. The van der Waals surface area contributed by atoms with E-state index in [4.69, 9.17) is 9.97 Å². The number of thiophene rings is 1. The summed E-state index contributed by atoms with van der Waals surface area (Å²) in [5, 5.41) is 5.15. The molecule has 0 saturated heterocycles. The predicted molar refractivity (Wildman–Crippen MR) is 161 cm³/mol. The van der Waals surface area contributed by atoms with E-state index in [2.05, 4.69) is 96.0 Å². The van der Waals surface area contributed by atoms with Gasteiger partial charge in [-0.3, -0.25) is 4.90 Å². The second kappa shape index (κ2) is 8.37. The van der Waals surface area contributed by atoms with Gasteiger partial charge in [0.2, 0.25) is 5.95 Å². The molecule has 0 atom stereocenters. The lowest BCUT2D eigenvalue weighted by atomic mass is 9.97. The standard InChI is InChI=1S/C34H21N3S/c1-3-10-22(11-4-1)28-21-29(23-12-5-2-6-13-23)36-34(35-28)37-19-18-24-20-27-25-14-7-8-17-31(25)38-33(27)26-15-9-16-30(37)32(24)26/h1-21H. The minimum atomic E-state index is 0.663. The molecule has 178 valence electrons. The van der Waals surface area contributed by atoms with Crippen molar-refractivity contribution in [1.29, 1.82) is 0 Å². The molecule has 0 bridgehead atoms. The maximum Gasteiger partial charge on any atom is 0.235 e. The molecule has 0 aliphatic carbocycles. The first-order chi connectivity index (χ1) is 18.8. The molecule has 1 aliphatic rings. The summed E-state index contributed by atoms with van der Waals surface area (Å²) in [5.41, 5.74) is 6.27. The van der Waals surface area contributed by atoms with Crippen LogP contribution in [0.25, 0.3) is 59.5 Å². The molecule has 0 unspecified atom stereocenters. The van der Waals surface area contributed by atoms with Gasteiger partial charge in [-0.1, -0.05) is 91.0 Å². The Balaban J connectivity index is 1.37. The zero-order valence-electron chi connectivity index (χ0n) is 20.4. The van der Waals surface area contributed by atoms with Crippen molar-refractivity contribution in [2.24, 2.45) is 0 Å². The van der Waals surface area contributed by atoms with Gasteiger partial charge >= 0.3 is 0 Å². The van der Waals surface area contributed by atoms with Crippen molar-refractivity contribution >= 4 is 60.0 Å². The lowest BCUT2D eigenvalue weighted by Crippen LogP contribution is -2.15. The van der Waals surface area contributed by atoms with E-state index >= 15 is 0 Å². The average Bonchev–Trinajstić information content (AvgIpc) is 3.37. The number of hydrogen-bond acceptors (Lipinski definition) is 4. The lowest BCUT2D eigenvalue weighted by molar-refractivity contribution is 1.09. The number of rotatable bonds is 3. The molecule has 0 saturated carbocycles. The summed E-state index contributed by atoms with van der Waals surface area (Å²) in [6.07, 6.45) is 4.30. The third-order valence-corrected chi connectivity index (χ3v) is 8.46. The summed E-state index contributed by atoms with van der Waals surface area (Å²) < 4.78 is 2.64. The second-order valence-corrected chi connectivity index (χ2v) is 10.5. The Morgan fingerprint density at radius 2 is 1.24 bits per heavy atom. The number of benzene rings is 5. The summed E-state index contributed by atoms with van der Waals surface area (Å²) in [6, 6.07) is 40.3. The summed E-state index contributed by atoms with van der Waals surface area (Å²) in [7, 11) is 0. The Morgan fingerprint density at radius 1 is 0.579 bits per heavy atom. The topological polar surface area (TPSA) is 29.0 Å². The van der Waals surface area contributed by atoms with Gasteiger partial charge in [-0.25, -0.2) is 9.97 Å². The maximum atomic E-state index is 5.08. The fourth-order valence-corrected chi connectivity index (χ4v) is 6.68. The van der Waals surface area contributed by atoms with Crippen molar-refractivity contribution in [3.8, 4) is 22.5 Å². The van der Waals surface area contributed by atoms with Crippen molar-refractivity contribution < 1.29 is 0 Å². The number of fused-ring (bicyclic) bond motifs is 4. The number of anilines is 2. The monoisotopic (exact) mass is 503 g/mol. The first-order valence-corrected chi connectivity index (χ1v) is 13.5. The van der Waals surface area contributed by atoms with Crippen molar-refractivity contribution in [3.63, 3.8) is 0 Å². The van der Waals surface area contributed by atoms with E-state index in [9.17, 15) is 0 Å². The molecule has 2 aromatic heterocycles. The molecular formula is C34H21N3S. The van der Waals surface area contributed by atoms with Crippen LogP contribution in [-0.2, 0) is 0 Å². The fourth-order valence-electron chi connectivity index (χ4n) is 5.47. The van der Waals surface area contributed by atoms with E-state index in [1.807, 2.05) is 47.7 Å². The average molecular weight is 504 g/mol. The van der Waals surface area contributed by atoms with Crippen molar-refractivity contribution in [3.05, 3.63) is 127 Å². The van der Waals surface area contributed by atoms with E-state index in [1.54, 1.807) is 0 Å². The van der Waals surface area contributed by atoms with E-state index < -0.39 is 0 Å². The molecule has 3 nitrogen and oxygen atoms in total. The highest BCUT2D eigenvalue weighted by atomic mass is 32.1. The van der Waals surface area contributed by atoms with Gasteiger partial charge in [-0.2, -0.15) is 0 Å². The highest BCUT2D eigenvalue weighted by molar-refractivity contribution is 7.26. The minimum Gasteiger partial charge on any atom is -0.285 e. The minimum absolute atomic E-state index is 0.663. The first-order valence-electron chi connectivity index (χ1n) is 12.7. The van der Waals surface area contributed by atoms with Crippen LogP contribution in [0.3, 0.4) is 0 Å². The molecule has 38 heavy (non-hydrogen) atoms. The highest BCUT2D eigenvalue weighted by Gasteiger charge is 2.22. The second-order valence-electron chi connectivity index (χ2n) is 9.50. The van der Waals surface area contributed by atoms with Gasteiger partial charge in [0.15, 0.2) is 0 Å². The zero-order valence-corrected chi connectivity index (χ0v) is 21.2. The Kier molecular flexibility index (Phi) is 4.69. The van der Waals surface area contributed by atoms with E-state index in [0.29, 0.717) is 5.95 Å². The van der Waals surface area contributed by atoms with Crippen LogP contribution in [0.4, 0.5) is 11.6 Å². The zero-order chi connectivity index (χ0) is 25.1. The van der Waals surface area contributed by atoms with E-state index in [-0.39, 0.29) is 0 Å². The number of hydrogen-bond donors (Lipinski definition) is 0. The van der Waals surface area contributed by atoms with Crippen LogP contribution in [0.15, 0.2) is 121 Å². The van der Waals surface area contributed by atoms with Crippen LogP contribution in [0.5, 0.6) is 0 Å². The summed E-state index contributed by atoms with van der Waals surface area (Å²) in [4.78, 5) is 12.3. The van der Waals surface area contributed by atoms with Gasteiger partial charge in [-0.05, 0) is 35.9 Å². The third kappa shape index (κ3) is 3.28. The Labute approximate surface area is 224 Å². The van der Waals surface area contributed by atoms with Gasteiger partial charge < -0.3 is 0 Å². The van der Waals surface area contributed by atoms with Crippen molar-refractivity contribution in [2.75, 3.05) is 4.90 Å². The van der Waals surface area contributed by atoms with Crippen LogP contribution in [0.1, 0.15) is 5.56 Å². The summed E-state index contributed by atoms with van der Waals surface area (Å²) in [5.74, 6) is 0.663. The number of aromatic nitrogens is 2. The molecule has 0 radical (unpaired) electrons. The summed E-state index contributed by atoms with van der Waals surface area (Å²) in [6.45, 7) is 0. The molecule has 1 aliphatic heterocycles. The van der Waals surface area contributed by atoms with Crippen LogP contribution in [0, 0.1) is 0 Å². The van der Waals surface area contributed by atoms with Gasteiger partial charge in [0, 0.05) is 48.3 Å². The molecule has 7 aromatic rings. The van der Waals surface area contributed by atoms with Gasteiger partial charge in [0.05, 0.1) is 17.1 Å².